The highest BCUT2D eigenvalue weighted by Gasteiger charge is 2.38. The molecule has 0 aliphatic heterocycles. The van der Waals surface area contributed by atoms with Crippen molar-refractivity contribution in [2.75, 3.05) is 7.11 Å². The summed E-state index contributed by atoms with van der Waals surface area (Å²) in [6, 6.07) is 1.21. The monoisotopic (exact) mass is 263 g/mol. The van der Waals surface area contributed by atoms with E-state index in [1.54, 1.807) is 0 Å². The van der Waals surface area contributed by atoms with Gasteiger partial charge < -0.3 is 4.74 Å². The SMILES string of the molecule is COC(=O)c1c(C)cc([N+](=O)[O-])cc1C(F)(F)F. The van der Waals surface area contributed by atoms with Crippen LogP contribution in [0.5, 0.6) is 0 Å². The lowest BCUT2D eigenvalue weighted by Gasteiger charge is -2.13. The summed E-state index contributed by atoms with van der Waals surface area (Å²) in [6.07, 6.45) is -4.87. The van der Waals surface area contributed by atoms with Crippen molar-refractivity contribution >= 4 is 11.7 Å². The minimum absolute atomic E-state index is 0.164. The number of halogens is 3. The zero-order valence-electron chi connectivity index (χ0n) is 9.37. The Labute approximate surface area is 99.3 Å². The maximum atomic E-state index is 12.7. The molecular formula is C10H8F3NO4. The Balaban J connectivity index is 3.60. The van der Waals surface area contributed by atoms with Gasteiger partial charge in [0.15, 0.2) is 0 Å². The van der Waals surface area contributed by atoms with Crippen LogP contribution in [0.1, 0.15) is 21.5 Å². The summed E-state index contributed by atoms with van der Waals surface area (Å²) in [7, 11) is 0.934. The summed E-state index contributed by atoms with van der Waals surface area (Å²) in [5.41, 5.74) is -2.98. The standard InChI is InChI=1S/C10H8F3NO4/c1-5-3-6(14(16)17)4-7(10(11,12)13)8(5)9(15)18-2/h3-4H,1-2H3. The smallest absolute Gasteiger partial charge is 0.417 e. The van der Waals surface area contributed by atoms with Crippen molar-refractivity contribution in [3.63, 3.8) is 0 Å². The molecule has 0 aliphatic rings. The lowest BCUT2D eigenvalue weighted by atomic mass is 10.0. The second-order valence-electron chi connectivity index (χ2n) is 3.43. The van der Waals surface area contributed by atoms with E-state index in [4.69, 9.17) is 0 Å². The first-order chi connectivity index (χ1) is 8.18. The molecule has 0 bridgehead atoms. The van der Waals surface area contributed by atoms with Crippen LogP contribution in [-0.2, 0) is 10.9 Å². The van der Waals surface area contributed by atoms with Crippen molar-refractivity contribution in [1.29, 1.82) is 0 Å². The second-order valence-corrected chi connectivity index (χ2v) is 3.43. The van der Waals surface area contributed by atoms with Crippen LogP contribution in [0, 0.1) is 17.0 Å². The largest absolute Gasteiger partial charge is 0.465 e. The number of hydrogen-bond acceptors (Lipinski definition) is 4. The predicted molar refractivity (Wildman–Crippen MR) is 54.2 cm³/mol. The summed E-state index contributed by atoms with van der Waals surface area (Å²) in [5.74, 6) is -1.19. The second kappa shape index (κ2) is 4.63. The molecule has 0 spiro atoms. The van der Waals surface area contributed by atoms with E-state index in [-0.39, 0.29) is 5.56 Å². The highest BCUT2D eigenvalue weighted by molar-refractivity contribution is 5.93. The maximum Gasteiger partial charge on any atom is 0.417 e. The quantitative estimate of drug-likeness (QED) is 0.467. The summed E-state index contributed by atoms with van der Waals surface area (Å²) in [4.78, 5) is 20.8. The van der Waals surface area contributed by atoms with Crippen molar-refractivity contribution in [2.24, 2.45) is 0 Å². The first-order valence-electron chi connectivity index (χ1n) is 4.63. The number of nitro groups is 1. The molecule has 0 saturated heterocycles. The predicted octanol–water partition coefficient (Wildman–Crippen LogP) is 2.71. The van der Waals surface area contributed by atoms with E-state index in [2.05, 4.69) is 4.74 Å². The maximum absolute atomic E-state index is 12.7. The molecule has 18 heavy (non-hydrogen) atoms. The van der Waals surface area contributed by atoms with Crippen molar-refractivity contribution in [2.45, 2.75) is 13.1 Å². The molecule has 0 aromatic heterocycles. The minimum atomic E-state index is -4.87. The van der Waals surface area contributed by atoms with Gasteiger partial charge in [-0.25, -0.2) is 4.79 Å². The normalized spacial score (nSPS) is 11.2. The Morgan fingerprint density at radius 1 is 1.39 bits per heavy atom. The van der Waals surface area contributed by atoms with Gasteiger partial charge >= 0.3 is 12.1 Å². The molecule has 0 saturated carbocycles. The molecule has 0 amide bonds. The van der Waals surface area contributed by atoms with E-state index in [1.807, 2.05) is 0 Å². The average Bonchev–Trinajstić information content (AvgIpc) is 2.25. The Hall–Kier alpha value is -2.12. The number of carbonyl (C=O) groups excluding carboxylic acids is 1. The molecule has 1 aromatic carbocycles. The summed E-state index contributed by atoms with van der Waals surface area (Å²) in [6.45, 7) is 1.18. The van der Waals surface area contributed by atoms with Gasteiger partial charge in [-0.15, -0.1) is 0 Å². The van der Waals surface area contributed by atoms with Crippen LogP contribution in [0.3, 0.4) is 0 Å². The molecule has 0 heterocycles. The number of rotatable bonds is 2. The third kappa shape index (κ3) is 2.58. The molecule has 0 aliphatic carbocycles. The van der Waals surface area contributed by atoms with E-state index < -0.39 is 33.9 Å². The molecule has 0 fully saturated rings. The molecule has 0 radical (unpaired) electrons. The first-order valence-corrected chi connectivity index (χ1v) is 4.63. The third-order valence-corrected chi connectivity index (χ3v) is 2.23. The van der Waals surface area contributed by atoms with Gasteiger partial charge in [0.05, 0.1) is 23.2 Å². The summed E-state index contributed by atoms with van der Waals surface area (Å²) in [5, 5.41) is 10.5. The number of ether oxygens (including phenoxy) is 1. The van der Waals surface area contributed by atoms with Crippen molar-refractivity contribution < 1.29 is 27.6 Å². The van der Waals surface area contributed by atoms with Crippen LogP contribution < -0.4 is 0 Å². The molecule has 5 nitrogen and oxygen atoms in total. The Morgan fingerprint density at radius 2 is 1.94 bits per heavy atom. The molecule has 0 atom stereocenters. The fourth-order valence-electron chi connectivity index (χ4n) is 1.47. The van der Waals surface area contributed by atoms with E-state index in [1.165, 1.54) is 6.92 Å². The molecule has 98 valence electrons. The summed E-state index contributed by atoms with van der Waals surface area (Å²) < 4.78 is 42.5. The highest BCUT2D eigenvalue weighted by Crippen LogP contribution is 2.36. The number of alkyl halides is 3. The van der Waals surface area contributed by atoms with Gasteiger partial charge in [-0.05, 0) is 12.5 Å². The van der Waals surface area contributed by atoms with Crippen LogP contribution in [0.15, 0.2) is 12.1 Å². The van der Waals surface area contributed by atoms with Crippen LogP contribution in [0.4, 0.5) is 18.9 Å². The van der Waals surface area contributed by atoms with E-state index in [0.29, 0.717) is 6.07 Å². The van der Waals surface area contributed by atoms with Crippen LogP contribution in [-0.4, -0.2) is 18.0 Å². The van der Waals surface area contributed by atoms with E-state index in [0.717, 1.165) is 13.2 Å². The molecule has 0 N–H and O–H groups in total. The van der Waals surface area contributed by atoms with Gasteiger partial charge in [0, 0.05) is 12.1 Å². The lowest BCUT2D eigenvalue weighted by molar-refractivity contribution is -0.385. The van der Waals surface area contributed by atoms with Gasteiger partial charge in [0.25, 0.3) is 5.69 Å². The fourth-order valence-corrected chi connectivity index (χ4v) is 1.47. The number of methoxy groups -OCH3 is 1. The van der Waals surface area contributed by atoms with Crippen LogP contribution >= 0.6 is 0 Å². The molecule has 1 aromatic rings. The van der Waals surface area contributed by atoms with E-state index >= 15 is 0 Å². The zero-order chi connectivity index (χ0) is 14.1. The third-order valence-electron chi connectivity index (χ3n) is 2.23. The van der Waals surface area contributed by atoms with Gasteiger partial charge in [0.2, 0.25) is 0 Å². The van der Waals surface area contributed by atoms with Gasteiger partial charge in [-0.1, -0.05) is 0 Å². The molecule has 0 unspecified atom stereocenters. The number of nitro benzene ring substituents is 1. The number of benzene rings is 1. The number of carbonyl (C=O) groups is 1. The lowest BCUT2D eigenvalue weighted by Crippen LogP contribution is -2.16. The van der Waals surface area contributed by atoms with Gasteiger partial charge in [0.1, 0.15) is 0 Å². The Morgan fingerprint density at radius 3 is 2.33 bits per heavy atom. The Kier molecular flexibility index (Phi) is 3.59. The van der Waals surface area contributed by atoms with E-state index in [9.17, 15) is 28.1 Å². The average molecular weight is 263 g/mol. The fraction of sp³-hybridized carbons (Fsp3) is 0.300. The summed E-state index contributed by atoms with van der Waals surface area (Å²) >= 11 is 0. The van der Waals surface area contributed by atoms with Crippen LogP contribution in [0.25, 0.3) is 0 Å². The minimum Gasteiger partial charge on any atom is -0.465 e. The highest BCUT2D eigenvalue weighted by atomic mass is 19.4. The van der Waals surface area contributed by atoms with Crippen molar-refractivity contribution in [3.05, 3.63) is 38.9 Å². The van der Waals surface area contributed by atoms with Gasteiger partial charge in [-0.2, -0.15) is 13.2 Å². The van der Waals surface area contributed by atoms with Crippen molar-refractivity contribution in [3.8, 4) is 0 Å². The first kappa shape index (κ1) is 13.9. The number of esters is 1. The number of nitrogens with zero attached hydrogens (tertiary/aromatic N) is 1. The zero-order valence-corrected chi connectivity index (χ0v) is 9.37. The van der Waals surface area contributed by atoms with Crippen molar-refractivity contribution in [1.82, 2.24) is 0 Å². The molecule has 8 heteroatoms. The number of hydrogen-bond donors (Lipinski definition) is 0. The van der Waals surface area contributed by atoms with Crippen LogP contribution in [0.2, 0.25) is 0 Å². The van der Waals surface area contributed by atoms with Gasteiger partial charge in [-0.3, -0.25) is 10.1 Å². The topological polar surface area (TPSA) is 69.4 Å². The molecular weight excluding hydrogens is 255 g/mol. The number of aryl methyl sites for hydroxylation is 1. The number of non-ortho nitro benzene ring substituents is 1. The molecule has 1 rings (SSSR count). The Bertz CT molecular complexity index is 511.